The molecule has 0 unspecified atom stereocenters. The van der Waals surface area contributed by atoms with Gasteiger partial charge < -0.3 is 16.4 Å². The predicted octanol–water partition coefficient (Wildman–Crippen LogP) is 2.18. The average molecular weight is 328 g/mol. The van der Waals surface area contributed by atoms with E-state index in [4.69, 9.17) is 5.73 Å². The number of aliphatic imine (C=N–C) groups is 1. The molecule has 0 radical (unpaired) electrons. The first kappa shape index (κ1) is 17.5. The van der Waals surface area contributed by atoms with Crippen molar-refractivity contribution in [3.05, 3.63) is 71.0 Å². The molecule has 5 nitrogen and oxygen atoms in total. The molecule has 2 aromatic carbocycles. The van der Waals surface area contributed by atoms with Crippen LogP contribution in [0.1, 0.15) is 28.4 Å². The molecule has 0 heterocycles. The summed E-state index contributed by atoms with van der Waals surface area (Å²) in [6.45, 7) is 3.62. The highest BCUT2D eigenvalue weighted by Gasteiger charge is 2.02. The molecule has 0 aliphatic rings. The number of primary amides is 1. The highest BCUT2D eigenvalue weighted by Crippen LogP contribution is 2.05. The van der Waals surface area contributed by atoms with E-state index in [1.165, 1.54) is 12.1 Å². The van der Waals surface area contributed by atoms with Crippen LogP contribution in [0.5, 0.6) is 0 Å². The molecular weight excluding hydrogens is 307 g/mol. The van der Waals surface area contributed by atoms with Crippen molar-refractivity contribution in [1.82, 2.24) is 10.6 Å². The van der Waals surface area contributed by atoms with Crippen LogP contribution in [0.4, 0.5) is 4.39 Å². The second-order valence-electron chi connectivity index (χ2n) is 5.24. The van der Waals surface area contributed by atoms with Gasteiger partial charge >= 0.3 is 0 Å². The van der Waals surface area contributed by atoms with E-state index >= 15 is 0 Å². The molecule has 0 aliphatic heterocycles. The van der Waals surface area contributed by atoms with Gasteiger partial charge in [-0.15, -0.1) is 0 Å². The van der Waals surface area contributed by atoms with Gasteiger partial charge in [-0.25, -0.2) is 9.38 Å². The van der Waals surface area contributed by atoms with Gasteiger partial charge in [-0.2, -0.15) is 0 Å². The van der Waals surface area contributed by atoms with E-state index in [1.54, 1.807) is 18.2 Å². The zero-order valence-corrected chi connectivity index (χ0v) is 13.6. The molecule has 126 valence electrons. The van der Waals surface area contributed by atoms with Gasteiger partial charge in [0.05, 0.1) is 6.54 Å². The Hall–Kier alpha value is -2.89. The fourth-order valence-electron chi connectivity index (χ4n) is 2.12. The summed E-state index contributed by atoms with van der Waals surface area (Å²) in [5.41, 5.74) is 7.50. The van der Waals surface area contributed by atoms with E-state index in [9.17, 15) is 9.18 Å². The van der Waals surface area contributed by atoms with Gasteiger partial charge in [0.2, 0.25) is 5.91 Å². The number of hydrogen-bond acceptors (Lipinski definition) is 2. The summed E-state index contributed by atoms with van der Waals surface area (Å²) in [4.78, 5) is 15.5. The van der Waals surface area contributed by atoms with Crippen molar-refractivity contribution in [3.8, 4) is 0 Å². The summed E-state index contributed by atoms with van der Waals surface area (Å²) in [6, 6.07) is 13.4. The molecule has 2 aromatic rings. The summed E-state index contributed by atoms with van der Waals surface area (Å²) in [5, 5.41) is 6.34. The summed E-state index contributed by atoms with van der Waals surface area (Å²) in [7, 11) is 0. The number of amides is 1. The lowest BCUT2D eigenvalue weighted by Gasteiger charge is -2.11. The van der Waals surface area contributed by atoms with Gasteiger partial charge in [0, 0.05) is 18.7 Å². The number of benzene rings is 2. The monoisotopic (exact) mass is 328 g/mol. The molecule has 0 aromatic heterocycles. The molecule has 0 saturated carbocycles. The lowest BCUT2D eigenvalue weighted by atomic mass is 10.1. The van der Waals surface area contributed by atoms with E-state index in [0.29, 0.717) is 24.6 Å². The molecule has 0 spiro atoms. The van der Waals surface area contributed by atoms with Crippen LogP contribution in [0.15, 0.2) is 53.5 Å². The van der Waals surface area contributed by atoms with Gasteiger partial charge in [0.25, 0.3) is 0 Å². The highest BCUT2D eigenvalue weighted by molar-refractivity contribution is 5.92. The van der Waals surface area contributed by atoms with Crippen molar-refractivity contribution in [3.63, 3.8) is 0 Å². The summed E-state index contributed by atoms with van der Waals surface area (Å²) in [5.74, 6) is -0.0737. The van der Waals surface area contributed by atoms with E-state index in [-0.39, 0.29) is 5.82 Å². The third-order valence-corrected chi connectivity index (χ3v) is 3.35. The van der Waals surface area contributed by atoms with E-state index in [1.807, 2.05) is 25.1 Å². The standard InChI is InChI=1S/C18H21FN4O/c1-2-21-18(23-12-14-4-3-5-16(19)10-14)22-11-13-6-8-15(9-7-13)17(20)24/h3-10H,2,11-12H2,1H3,(H2,20,24)(H2,21,22,23). The Balaban J connectivity index is 1.97. The molecular formula is C18H21FN4O. The van der Waals surface area contributed by atoms with E-state index < -0.39 is 5.91 Å². The van der Waals surface area contributed by atoms with Crippen LogP contribution in [0.3, 0.4) is 0 Å². The van der Waals surface area contributed by atoms with Crippen molar-refractivity contribution >= 4 is 11.9 Å². The fraction of sp³-hybridized carbons (Fsp3) is 0.222. The summed E-state index contributed by atoms with van der Waals surface area (Å²) < 4.78 is 13.2. The minimum atomic E-state index is -0.445. The SMILES string of the molecule is CCNC(=NCc1cccc(F)c1)NCc1ccc(C(N)=O)cc1. The molecule has 0 atom stereocenters. The molecule has 1 amide bonds. The first-order valence-electron chi connectivity index (χ1n) is 7.74. The lowest BCUT2D eigenvalue weighted by molar-refractivity contribution is 0.100. The van der Waals surface area contributed by atoms with Gasteiger partial charge in [0.15, 0.2) is 5.96 Å². The first-order valence-corrected chi connectivity index (χ1v) is 7.74. The maximum absolute atomic E-state index is 13.2. The van der Waals surface area contributed by atoms with Crippen LogP contribution in [0.25, 0.3) is 0 Å². The summed E-state index contributed by atoms with van der Waals surface area (Å²) in [6.07, 6.45) is 0. The maximum Gasteiger partial charge on any atom is 0.248 e. The number of nitrogens with zero attached hydrogens (tertiary/aromatic N) is 1. The molecule has 0 bridgehead atoms. The van der Waals surface area contributed by atoms with Gasteiger partial charge in [-0.05, 0) is 42.3 Å². The Morgan fingerprint density at radius 3 is 2.50 bits per heavy atom. The quantitative estimate of drug-likeness (QED) is 0.562. The number of halogens is 1. The Kier molecular flexibility index (Phi) is 6.31. The molecule has 4 N–H and O–H groups in total. The normalized spacial score (nSPS) is 11.2. The van der Waals surface area contributed by atoms with Crippen molar-refractivity contribution in [2.75, 3.05) is 6.54 Å². The minimum Gasteiger partial charge on any atom is -0.366 e. The van der Waals surface area contributed by atoms with Gasteiger partial charge in [-0.3, -0.25) is 4.79 Å². The third kappa shape index (κ3) is 5.39. The lowest BCUT2D eigenvalue weighted by Crippen LogP contribution is -2.36. The number of carbonyl (C=O) groups excluding carboxylic acids is 1. The molecule has 0 saturated heterocycles. The number of carbonyl (C=O) groups is 1. The van der Waals surface area contributed by atoms with Crippen molar-refractivity contribution in [2.45, 2.75) is 20.0 Å². The Morgan fingerprint density at radius 2 is 1.88 bits per heavy atom. The van der Waals surface area contributed by atoms with Crippen LogP contribution in [0.2, 0.25) is 0 Å². The minimum absolute atomic E-state index is 0.268. The first-order chi connectivity index (χ1) is 11.6. The Morgan fingerprint density at radius 1 is 1.12 bits per heavy atom. The second-order valence-corrected chi connectivity index (χ2v) is 5.24. The number of guanidine groups is 1. The second kappa shape index (κ2) is 8.67. The average Bonchev–Trinajstić information content (AvgIpc) is 2.58. The molecule has 0 aliphatic carbocycles. The van der Waals surface area contributed by atoms with E-state index in [0.717, 1.165) is 17.7 Å². The number of nitrogens with two attached hydrogens (primary N) is 1. The summed E-state index contributed by atoms with van der Waals surface area (Å²) >= 11 is 0. The Labute approximate surface area is 140 Å². The van der Waals surface area contributed by atoms with Crippen LogP contribution < -0.4 is 16.4 Å². The maximum atomic E-state index is 13.2. The predicted molar refractivity (Wildman–Crippen MR) is 93.0 cm³/mol. The fourth-order valence-corrected chi connectivity index (χ4v) is 2.12. The zero-order chi connectivity index (χ0) is 17.4. The number of rotatable bonds is 6. The smallest absolute Gasteiger partial charge is 0.248 e. The van der Waals surface area contributed by atoms with Crippen molar-refractivity contribution in [2.24, 2.45) is 10.7 Å². The topological polar surface area (TPSA) is 79.5 Å². The van der Waals surface area contributed by atoms with Crippen molar-refractivity contribution < 1.29 is 9.18 Å². The van der Waals surface area contributed by atoms with E-state index in [2.05, 4.69) is 15.6 Å². The van der Waals surface area contributed by atoms with Crippen LogP contribution in [-0.2, 0) is 13.1 Å². The molecule has 0 fully saturated rings. The number of hydrogen-bond donors (Lipinski definition) is 3. The third-order valence-electron chi connectivity index (χ3n) is 3.35. The zero-order valence-electron chi connectivity index (χ0n) is 13.6. The van der Waals surface area contributed by atoms with Gasteiger partial charge in [0.1, 0.15) is 5.82 Å². The van der Waals surface area contributed by atoms with Crippen molar-refractivity contribution in [1.29, 1.82) is 0 Å². The molecule has 6 heteroatoms. The Bertz CT molecular complexity index is 713. The molecule has 24 heavy (non-hydrogen) atoms. The van der Waals surface area contributed by atoms with Crippen LogP contribution in [-0.4, -0.2) is 18.4 Å². The van der Waals surface area contributed by atoms with Crippen LogP contribution in [0, 0.1) is 5.82 Å². The van der Waals surface area contributed by atoms with Crippen LogP contribution >= 0.6 is 0 Å². The van der Waals surface area contributed by atoms with Gasteiger partial charge in [-0.1, -0.05) is 24.3 Å². The molecule has 2 rings (SSSR count). The number of nitrogens with one attached hydrogen (secondary N) is 2. The highest BCUT2D eigenvalue weighted by atomic mass is 19.1. The largest absolute Gasteiger partial charge is 0.366 e.